The lowest BCUT2D eigenvalue weighted by Gasteiger charge is -2.29. The van der Waals surface area contributed by atoms with Gasteiger partial charge in [0.25, 0.3) is 0 Å². The summed E-state index contributed by atoms with van der Waals surface area (Å²) in [5.74, 6) is 0. The molecule has 122 valence electrons. The van der Waals surface area contributed by atoms with Crippen LogP contribution in [0.4, 0.5) is 0 Å². The van der Waals surface area contributed by atoms with Crippen molar-refractivity contribution in [3.8, 4) is 0 Å². The number of aliphatic hydroxyl groups is 2. The molecule has 1 saturated heterocycles. The molecule has 1 aliphatic carbocycles. The van der Waals surface area contributed by atoms with Crippen LogP contribution in [0.2, 0.25) is 0 Å². The molecule has 4 heteroatoms. The Hall–Kier alpha value is -0.160. The van der Waals surface area contributed by atoms with Crippen molar-refractivity contribution in [2.75, 3.05) is 32.8 Å². The first-order valence-corrected chi connectivity index (χ1v) is 8.39. The van der Waals surface area contributed by atoms with E-state index >= 15 is 0 Å². The number of hydrogen-bond donors (Lipinski definition) is 2. The number of ether oxygens (including phenoxy) is 1. The van der Waals surface area contributed by atoms with Crippen LogP contribution in [0.25, 0.3) is 0 Å². The van der Waals surface area contributed by atoms with Gasteiger partial charge in [0, 0.05) is 32.8 Å². The molecule has 0 spiro atoms. The van der Waals surface area contributed by atoms with Gasteiger partial charge in [0.2, 0.25) is 0 Å². The highest BCUT2D eigenvalue weighted by Crippen LogP contribution is 2.21. The first-order chi connectivity index (χ1) is 9.76. The normalized spacial score (nSPS) is 20.2. The van der Waals surface area contributed by atoms with Gasteiger partial charge >= 0.3 is 0 Å². The van der Waals surface area contributed by atoms with Gasteiger partial charge in [0.15, 0.2) is 0 Å². The summed E-state index contributed by atoms with van der Waals surface area (Å²) >= 11 is 0. The molecular formula is C16H35NO3. The molecule has 20 heavy (non-hydrogen) atoms. The predicted octanol–water partition coefficient (Wildman–Crippen LogP) is 2.43. The zero-order valence-corrected chi connectivity index (χ0v) is 13.7. The van der Waals surface area contributed by atoms with Gasteiger partial charge in [0.05, 0.1) is 12.2 Å². The third-order valence-electron chi connectivity index (χ3n) is 3.64. The van der Waals surface area contributed by atoms with Crippen molar-refractivity contribution in [1.29, 1.82) is 0 Å². The molecule has 0 aromatic heterocycles. The third-order valence-corrected chi connectivity index (χ3v) is 3.64. The molecule has 2 aliphatic rings. The van der Waals surface area contributed by atoms with Crippen LogP contribution in [-0.2, 0) is 4.74 Å². The van der Waals surface area contributed by atoms with Crippen LogP contribution in [0.5, 0.6) is 0 Å². The summed E-state index contributed by atoms with van der Waals surface area (Å²) in [6, 6.07) is 0. The molecule has 0 amide bonds. The van der Waals surface area contributed by atoms with Gasteiger partial charge in [-0.05, 0) is 45.4 Å². The number of aliphatic hydroxyl groups excluding tert-OH is 2. The molecule has 1 aliphatic heterocycles. The largest absolute Gasteiger partial charge is 0.396 e. The quantitative estimate of drug-likeness (QED) is 0.816. The minimum atomic E-state index is -0.0830. The van der Waals surface area contributed by atoms with Crippen molar-refractivity contribution in [1.82, 2.24) is 4.90 Å². The van der Waals surface area contributed by atoms with E-state index in [2.05, 4.69) is 11.8 Å². The second-order valence-electron chi connectivity index (χ2n) is 5.16. The Morgan fingerprint density at radius 1 is 1.10 bits per heavy atom. The van der Waals surface area contributed by atoms with Crippen molar-refractivity contribution >= 4 is 0 Å². The van der Waals surface area contributed by atoms with Crippen LogP contribution in [-0.4, -0.2) is 60.2 Å². The van der Waals surface area contributed by atoms with E-state index < -0.39 is 0 Å². The highest BCUT2D eigenvalue weighted by Gasteiger charge is 2.16. The summed E-state index contributed by atoms with van der Waals surface area (Å²) in [4.78, 5) is 2.29. The molecule has 2 rings (SSSR count). The topological polar surface area (TPSA) is 52.9 Å². The Balaban J connectivity index is 0.000000345. The van der Waals surface area contributed by atoms with Crippen LogP contribution in [0.3, 0.4) is 0 Å². The highest BCUT2D eigenvalue weighted by atomic mass is 16.5. The van der Waals surface area contributed by atoms with Crippen LogP contribution >= 0.6 is 0 Å². The predicted molar refractivity (Wildman–Crippen MR) is 84.0 cm³/mol. The lowest BCUT2D eigenvalue weighted by Crippen LogP contribution is -2.36. The maximum Gasteiger partial charge on any atom is 0.0575 e. The molecule has 0 unspecified atom stereocenters. The summed E-state index contributed by atoms with van der Waals surface area (Å²) in [5, 5.41) is 17.7. The zero-order valence-electron chi connectivity index (χ0n) is 13.7. The van der Waals surface area contributed by atoms with Gasteiger partial charge < -0.3 is 19.8 Å². The van der Waals surface area contributed by atoms with E-state index in [0.29, 0.717) is 6.10 Å². The lowest BCUT2D eigenvalue weighted by atomic mass is 9.96. The number of nitrogens with zero attached hydrogens (tertiary/aromatic N) is 1. The molecule has 0 radical (unpaired) electrons. The van der Waals surface area contributed by atoms with Gasteiger partial charge in [0.1, 0.15) is 0 Å². The van der Waals surface area contributed by atoms with Crippen molar-refractivity contribution in [2.45, 2.75) is 71.5 Å². The summed E-state index contributed by atoms with van der Waals surface area (Å²) in [6.45, 7) is 10.2. The average Bonchev–Trinajstić information content (AvgIpc) is 2.45. The first kappa shape index (κ1) is 19.8. The molecule has 4 nitrogen and oxygen atoms in total. The van der Waals surface area contributed by atoms with Gasteiger partial charge in [-0.2, -0.15) is 0 Å². The standard InChI is InChI=1S/C8H17NO2.C6H12O.C2H6/c10-7-1-4-9-5-2-8(11)3-6-9;1-2-7-6-4-3-5-6;1-2/h8,10-11H,1-7H2;6H,2-5H2,1H3;1-2H3. The minimum Gasteiger partial charge on any atom is -0.396 e. The van der Waals surface area contributed by atoms with E-state index in [1.807, 2.05) is 13.8 Å². The van der Waals surface area contributed by atoms with Crippen LogP contribution < -0.4 is 0 Å². The van der Waals surface area contributed by atoms with Crippen molar-refractivity contribution in [2.24, 2.45) is 0 Å². The SMILES string of the molecule is CC.CCOC1CCC1.OCCCN1CCC(O)CC1. The van der Waals surface area contributed by atoms with Gasteiger partial charge in [-0.1, -0.05) is 13.8 Å². The van der Waals surface area contributed by atoms with Crippen LogP contribution in [0.1, 0.15) is 59.3 Å². The molecule has 0 bridgehead atoms. The summed E-state index contributed by atoms with van der Waals surface area (Å²) in [5.41, 5.74) is 0. The number of hydrogen-bond acceptors (Lipinski definition) is 4. The number of rotatable bonds is 5. The van der Waals surface area contributed by atoms with Crippen molar-refractivity contribution in [3.63, 3.8) is 0 Å². The monoisotopic (exact) mass is 289 g/mol. The lowest BCUT2D eigenvalue weighted by molar-refractivity contribution is 0.00994. The van der Waals surface area contributed by atoms with Crippen molar-refractivity contribution < 1.29 is 14.9 Å². The number of likely N-dealkylation sites (tertiary alicyclic amines) is 1. The smallest absolute Gasteiger partial charge is 0.0575 e. The van der Waals surface area contributed by atoms with Crippen molar-refractivity contribution in [3.05, 3.63) is 0 Å². The van der Waals surface area contributed by atoms with Gasteiger partial charge in [-0.15, -0.1) is 0 Å². The summed E-state index contributed by atoms with van der Waals surface area (Å²) in [7, 11) is 0. The molecule has 0 atom stereocenters. The van der Waals surface area contributed by atoms with Gasteiger partial charge in [-0.25, -0.2) is 0 Å². The van der Waals surface area contributed by atoms with E-state index in [-0.39, 0.29) is 12.7 Å². The number of piperidine rings is 1. The fourth-order valence-corrected chi connectivity index (χ4v) is 2.21. The van der Waals surface area contributed by atoms with Crippen LogP contribution in [0, 0.1) is 0 Å². The maximum absolute atomic E-state index is 9.18. The Bertz CT molecular complexity index is 187. The second-order valence-corrected chi connectivity index (χ2v) is 5.16. The minimum absolute atomic E-state index is 0.0830. The Morgan fingerprint density at radius 2 is 1.70 bits per heavy atom. The van der Waals surface area contributed by atoms with E-state index in [0.717, 1.165) is 45.5 Å². The second kappa shape index (κ2) is 13.8. The average molecular weight is 289 g/mol. The molecule has 1 saturated carbocycles. The molecule has 0 aromatic carbocycles. The highest BCUT2D eigenvalue weighted by molar-refractivity contribution is 4.70. The van der Waals surface area contributed by atoms with E-state index in [9.17, 15) is 5.11 Å². The van der Waals surface area contributed by atoms with Crippen LogP contribution in [0.15, 0.2) is 0 Å². The molecule has 2 N–H and O–H groups in total. The Kier molecular flexibility index (Phi) is 13.7. The Morgan fingerprint density at radius 3 is 2.05 bits per heavy atom. The maximum atomic E-state index is 9.18. The van der Waals surface area contributed by atoms with E-state index in [4.69, 9.17) is 9.84 Å². The fraction of sp³-hybridized carbons (Fsp3) is 1.00. The summed E-state index contributed by atoms with van der Waals surface area (Å²) in [6.07, 6.45) is 7.17. The zero-order chi connectivity index (χ0) is 15.2. The van der Waals surface area contributed by atoms with E-state index in [1.54, 1.807) is 0 Å². The first-order valence-electron chi connectivity index (χ1n) is 8.39. The molecular weight excluding hydrogens is 254 g/mol. The molecule has 1 heterocycles. The molecule has 2 fully saturated rings. The van der Waals surface area contributed by atoms with E-state index in [1.165, 1.54) is 19.3 Å². The third kappa shape index (κ3) is 9.70. The fourth-order valence-electron chi connectivity index (χ4n) is 2.21. The molecule has 0 aromatic rings. The van der Waals surface area contributed by atoms with Gasteiger partial charge in [-0.3, -0.25) is 0 Å². The Labute approximate surface area is 125 Å². The summed E-state index contributed by atoms with van der Waals surface area (Å²) < 4.78 is 5.28.